The van der Waals surface area contributed by atoms with Crippen molar-refractivity contribution in [3.05, 3.63) is 47.5 Å². The molecule has 1 aromatic carbocycles. The molecule has 5 heteroatoms. The summed E-state index contributed by atoms with van der Waals surface area (Å²) in [5, 5.41) is 12.8. The average Bonchev–Trinajstić information content (AvgIpc) is 2.60. The van der Waals surface area contributed by atoms with Gasteiger partial charge < -0.3 is 5.11 Å². The maximum atomic E-state index is 13.1. The van der Waals surface area contributed by atoms with Crippen LogP contribution in [0.1, 0.15) is 11.3 Å². The van der Waals surface area contributed by atoms with E-state index < -0.39 is 5.97 Å². The number of benzene rings is 1. The van der Waals surface area contributed by atoms with Gasteiger partial charge in [0.2, 0.25) is 0 Å². The Balaban J connectivity index is 2.40. The number of hydrogen-bond acceptors (Lipinski definition) is 2. The van der Waals surface area contributed by atoms with Crippen molar-refractivity contribution in [1.82, 2.24) is 9.78 Å². The molecule has 1 heterocycles. The number of nitrogens with zero attached hydrogens (tertiary/aromatic N) is 2. The van der Waals surface area contributed by atoms with E-state index in [2.05, 4.69) is 5.10 Å². The van der Waals surface area contributed by atoms with Crippen LogP contribution in [0.3, 0.4) is 0 Å². The van der Waals surface area contributed by atoms with Crippen molar-refractivity contribution in [3.8, 4) is 5.69 Å². The first kappa shape index (κ1) is 11.3. The van der Waals surface area contributed by atoms with Crippen LogP contribution in [0.5, 0.6) is 0 Å². The third-order valence-electron chi connectivity index (χ3n) is 2.51. The molecule has 2 rings (SSSR count). The third-order valence-corrected chi connectivity index (χ3v) is 2.51. The number of halogens is 1. The van der Waals surface area contributed by atoms with Crippen LogP contribution < -0.4 is 0 Å². The maximum Gasteiger partial charge on any atom is 0.307 e. The molecule has 0 atom stereocenters. The lowest BCUT2D eigenvalue weighted by atomic mass is 10.2. The molecule has 17 heavy (non-hydrogen) atoms. The summed E-state index contributed by atoms with van der Waals surface area (Å²) in [7, 11) is 0. The van der Waals surface area contributed by atoms with Crippen molar-refractivity contribution >= 4 is 5.97 Å². The monoisotopic (exact) mass is 234 g/mol. The van der Waals surface area contributed by atoms with Crippen molar-refractivity contribution in [2.75, 3.05) is 0 Å². The van der Waals surface area contributed by atoms with E-state index >= 15 is 0 Å². The van der Waals surface area contributed by atoms with Crippen LogP contribution in [0.15, 0.2) is 30.5 Å². The highest BCUT2D eigenvalue weighted by Gasteiger charge is 2.11. The van der Waals surface area contributed by atoms with Gasteiger partial charge in [-0.2, -0.15) is 5.10 Å². The minimum Gasteiger partial charge on any atom is -0.481 e. The Morgan fingerprint density at radius 3 is 2.94 bits per heavy atom. The summed E-state index contributed by atoms with van der Waals surface area (Å²) in [5.74, 6) is -1.26. The van der Waals surface area contributed by atoms with Crippen molar-refractivity contribution in [1.29, 1.82) is 0 Å². The smallest absolute Gasteiger partial charge is 0.307 e. The predicted molar refractivity (Wildman–Crippen MR) is 59.6 cm³/mol. The third kappa shape index (κ3) is 2.33. The van der Waals surface area contributed by atoms with Crippen LogP contribution in [0.2, 0.25) is 0 Å². The number of rotatable bonds is 3. The van der Waals surface area contributed by atoms with E-state index in [0.29, 0.717) is 16.9 Å². The minimum absolute atomic E-state index is 0.0822. The number of aromatic nitrogens is 2. The highest BCUT2D eigenvalue weighted by molar-refractivity contribution is 5.70. The second kappa shape index (κ2) is 4.37. The summed E-state index contributed by atoms with van der Waals surface area (Å²) in [6.07, 6.45) is 1.41. The molecule has 1 N–H and O–H groups in total. The summed E-state index contributed by atoms with van der Waals surface area (Å²) in [4.78, 5) is 10.6. The molecule has 0 aliphatic heterocycles. The zero-order valence-electron chi connectivity index (χ0n) is 9.22. The van der Waals surface area contributed by atoms with Gasteiger partial charge in [-0.3, -0.25) is 4.79 Å². The van der Waals surface area contributed by atoms with E-state index in [4.69, 9.17) is 5.11 Å². The molecule has 0 unspecified atom stereocenters. The van der Waals surface area contributed by atoms with Gasteiger partial charge in [-0.05, 0) is 25.1 Å². The van der Waals surface area contributed by atoms with Crippen LogP contribution in [0.4, 0.5) is 4.39 Å². The molecule has 2 aromatic rings. The fraction of sp³-hybridized carbons (Fsp3) is 0.167. The van der Waals surface area contributed by atoms with Crippen molar-refractivity contribution in [2.24, 2.45) is 0 Å². The van der Waals surface area contributed by atoms with Crippen LogP contribution in [0.25, 0.3) is 5.69 Å². The van der Waals surface area contributed by atoms with Gasteiger partial charge in [0.15, 0.2) is 0 Å². The summed E-state index contributed by atoms with van der Waals surface area (Å²) in [5.41, 5.74) is 1.92. The topological polar surface area (TPSA) is 55.1 Å². The fourth-order valence-corrected chi connectivity index (χ4v) is 1.65. The quantitative estimate of drug-likeness (QED) is 0.883. The van der Waals surface area contributed by atoms with Gasteiger partial charge in [-0.25, -0.2) is 9.07 Å². The molecular formula is C12H11FN2O2. The Morgan fingerprint density at radius 2 is 2.29 bits per heavy atom. The highest BCUT2D eigenvalue weighted by atomic mass is 19.1. The Hall–Kier alpha value is -2.17. The zero-order valence-corrected chi connectivity index (χ0v) is 9.22. The zero-order chi connectivity index (χ0) is 12.4. The molecule has 0 saturated heterocycles. The lowest BCUT2D eigenvalue weighted by Crippen LogP contribution is -2.03. The Labute approximate surface area is 97.3 Å². The predicted octanol–water partition coefficient (Wildman–Crippen LogP) is 1.95. The molecule has 0 amide bonds. The lowest BCUT2D eigenvalue weighted by molar-refractivity contribution is -0.136. The number of carbonyl (C=O) groups is 1. The Bertz CT molecular complexity index is 563. The number of hydrogen-bond donors (Lipinski definition) is 1. The van der Waals surface area contributed by atoms with Gasteiger partial charge in [0.25, 0.3) is 0 Å². The maximum absolute atomic E-state index is 13.1. The SMILES string of the molecule is Cc1c(CC(=O)O)cnn1-c1cccc(F)c1. The van der Waals surface area contributed by atoms with E-state index in [9.17, 15) is 9.18 Å². The Kier molecular flexibility index (Phi) is 2.91. The highest BCUT2D eigenvalue weighted by Crippen LogP contribution is 2.15. The normalized spacial score (nSPS) is 10.5. The van der Waals surface area contributed by atoms with Crippen LogP contribution in [-0.4, -0.2) is 20.9 Å². The molecule has 1 aromatic heterocycles. The van der Waals surface area contributed by atoms with E-state index in [1.54, 1.807) is 19.1 Å². The lowest BCUT2D eigenvalue weighted by Gasteiger charge is -2.04. The van der Waals surface area contributed by atoms with Gasteiger partial charge in [0.1, 0.15) is 5.82 Å². The first-order chi connectivity index (χ1) is 8.08. The Morgan fingerprint density at radius 1 is 1.53 bits per heavy atom. The average molecular weight is 234 g/mol. The summed E-state index contributed by atoms with van der Waals surface area (Å²) in [6.45, 7) is 1.76. The molecule has 0 radical (unpaired) electrons. The molecular weight excluding hydrogens is 223 g/mol. The van der Waals surface area contributed by atoms with E-state index in [1.807, 2.05) is 0 Å². The molecule has 4 nitrogen and oxygen atoms in total. The molecule has 0 spiro atoms. The van der Waals surface area contributed by atoms with Gasteiger partial charge in [-0.15, -0.1) is 0 Å². The summed E-state index contributed by atoms with van der Waals surface area (Å²) < 4.78 is 14.6. The molecule has 0 fully saturated rings. The second-order valence-electron chi connectivity index (χ2n) is 3.72. The van der Waals surface area contributed by atoms with Crippen LogP contribution in [0, 0.1) is 12.7 Å². The van der Waals surface area contributed by atoms with Crippen molar-refractivity contribution in [2.45, 2.75) is 13.3 Å². The summed E-state index contributed by atoms with van der Waals surface area (Å²) >= 11 is 0. The van der Waals surface area contributed by atoms with E-state index in [0.717, 1.165) is 0 Å². The van der Waals surface area contributed by atoms with Crippen LogP contribution >= 0.6 is 0 Å². The van der Waals surface area contributed by atoms with Crippen LogP contribution in [-0.2, 0) is 11.2 Å². The molecule has 0 aliphatic carbocycles. The van der Waals surface area contributed by atoms with E-state index in [-0.39, 0.29) is 12.2 Å². The fourth-order valence-electron chi connectivity index (χ4n) is 1.65. The van der Waals surface area contributed by atoms with Gasteiger partial charge >= 0.3 is 5.97 Å². The molecule has 0 aliphatic rings. The number of carboxylic acids is 1. The first-order valence-corrected chi connectivity index (χ1v) is 5.09. The second-order valence-corrected chi connectivity index (χ2v) is 3.72. The van der Waals surface area contributed by atoms with Gasteiger partial charge in [-0.1, -0.05) is 6.07 Å². The molecule has 0 bridgehead atoms. The minimum atomic E-state index is -0.910. The van der Waals surface area contributed by atoms with Crippen molar-refractivity contribution in [3.63, 3.8) is 0 Å². The molecule has 88 valence electrons. The first-order valence-electron chi connectivity index (χ1n) is 5.09. The largest absolute Gasteiger partial charge is 0.481 e. The van der Waals surface area contributed by atoms with Gasteiger partial charge in [0.05, 0.1) is 18.3 Å². The standard InChI is InChI=1S/C12H11FN2O2/c1-8-9(5-12(16)17)7-14-15(8)11-4-2-3-10(13)6-11/h2-4,6-7H,5H2,1H3,(H,16,17). The number of carboxylic acid groups (broad SMARTS) is 1. The number of aliphatic carboxylic acids is 1. The molecule has 0 saturated carbocycles. The van der Waals surface area contributed by atoms with E-state index in [1.165, 1.54) is 23.0 Å². The summed E-state index contributed by atoms with van der Waals surface area (Å²) in [6, 6.07) is 6.00. The van der Waals surface area contributed by atoms with Gasteiger partial charge in [0, 0.05) is 11.3 Å². The van der Waals surface area contributed by atoms with Crippen molar-refractivity contribution < 1.29 is 14.3 Å².